The van der Waals surface area contributed by atoms with E-state index in [1.807, 2.05) is 0 Å². The van der Waals surface area contributed by atoms with Crippen LogP contribution in [0.1, 0.15) is 18.4 Å². The van der Waals surface area contributed by atoms with Gasteiger partial charge in [0.05, 0.1) is 6.10 Å². The van der Waals surface area contributed by atoms with Gasteiger partial charge in [0.25, 0.3) is 0 Å². The fraction of sp³-hybridized carbons (Fsp3) is 0.304. The summed E-state index contributed by atoms with van der Waals surface area (Å²) in [7, 11) is 0. The Bertz CT molecular complexity index is 1130. The molecular weight excluding hydrogens is 437 g/mol. The maximum Gasteiger partial charge on any atom is 0.414 e. The molecule has 32 heavy (non-hydrogen) atoms. The molecule has 1 aromatic heterocycles. The fourth-order valence-electron chi connectivity index (χ4n) is 3.79. The Hall–Kier alpha value is -3.10. The van der Waals surface area contributed by atoms with E-state index in [-0.39, 0.29) is 18.2 Å². The third-order valence-electron chi connectivity index (χ3n) is 5.51. The number of benzene rings is 2. The number of halogens is 2. The van der Waals surface area contributed by atoms with Gasteiger partial charge < -0.3 is 25.0 Å². The summed E-state index contributed by atoms with van der Waals surface area (Å²) in [5.41, 5.74) is 1.05. The smallest absolute Gasteiger partial charge is 0.393 e. The molecular formula is C23H23ClFN3O4. The largest absolute Gasteiger partial charge is 0.414 e. The van der Waals surface area contributed by atoms with E-state index in [0.717, 1.165) is 10.9 Å². The molecule has 1 fully saturated rings. The van der Waals surface area contributed by atoms with Gasteiger partial charge >= 0.3 is 6.09 Å². The molecule has 1 saturated heterocycles. The van der Waals surface area contributed by atoms with Gasteiger partial charge in [-0.2, -0.15) is 0 Å². The summed E-state index contributed by atoms with van der Waals surface area (Å²) < 4.78 is 19.6. The molecule has 2 amide bonds. The number of fused-ring (bicyclic) bond motifs is 1. The number of aliphatic hydroxyl groups is 1. The lowest BCUT2D eigenvalue weighted by Crippen LogP contribution is -2.52. The van der Waals surface area contributed by atoms with Crippen LogP contribution < -0.4 is 10.1 Å². The molecule has 0 saturated carbocycles. The first-order valence-corrected chi connectivity index (χ1v) is 10.7. The Morgan fingerprint density at radius 1 is 1.22 bits per heavy atom. The Kier molecular flexibility index (Phi) is 6.62. The number of hydrogen-bond donors (Lipinski definition) is 3. The van der Waals surface area contributed by atoms with Crippen molar-refractivity contribution >= 4 is 34.5 Å². The number of amides is 2. The number of aromatic nitrogens is 1. The van der Waals surface area contributed by atoms with Crippen LogP contribution in [0.2, 0.25) is 5.02 Å². The highest BCUT2D eigenvalue weighted by atomic mass is 35.5. The number of nitrogens with zero attached hydrogens (tertiary/aromatic N) is 1. The second kappa shape index (κ2) is 9.58. The predicted molar refractivity (Wildman–Crippen MR) is 118 cm³/mol. The second-order valence-electron chi connectivity index (χ2n) is 7.80. The predicted octanol–water partition coefficient (Wildman–Crippen LogP) is 3.64. The van der Waals surface area contributed by atoms with Crippen LogP contribution in [0.3, 0.4) is 0 Å². The van der Waals surface area contributed by atoms with Crippen molar-refractivity contribution in [2.75, 3.05) is 13.1 Å². The second-order valence-corrected chi connectivity index (χ2v) is 8.24. The minimum Gasteiger partial charge on any atom is -0.393 e. The third kappa shape index (κ3) is 5.20. The zero-order chi connectivity index (χ0) is 22.7. The molecule has 7 nitrogen and oxygen atoms in total. The first kappa shape index (κ1) is 22.1. The molecule has 0 spiro atoms. The molecule has 0 unspecified atom stereocenters. The first-order chi connectivity index (χ1) is 15.4. The standard InChI is InChI=1S/C23H23ClFN3O4/c24-16-5-6-19-15(11-16)13-21(26-19)32-23(31)27-20(12-14-3-1-2-4-18(14)25)22(30)28-9-7-17(29)8-10-28/h1-6,11,13,17,20,26,29H,7-10,12H2,(H,27,31)/t20-/m0/s1. The average molecular weight is 460 g/mol. The lowest BCUT2D eigenvalue weighted by Gasteiger charge is -2.32. The lowest BCUT2D eigenvalue weighted by atomic mass is 10.0. The van der Waals surface area contributed by atoms with Crippen molar-refractivity contribution in [1.29, 1.82) is 0 Å². The maximum absolute atomic E-state index is 14.2. The minimum atomic E-state index is -1.02. The van der Waals surface area contributed by atoms with Crippen LogP contribution in [0.25, 0.3) is 10.9 Å². The maximum atomic E-state index is 14.2. The average Bonchev–Trinajstić information content (AvgIpc) is 3.16. The van der Waals surface area contributed by atoms with Crippen LogP contribution in [0.4, 0.5) is 9.18 Å². The van der Waals surface area contributed by atoms with Gasteiger partial charge in [-0.3, -0.25) is 4.79 Å². The molecule has 1 atom stereocenters. The van der Waals surface area contributed by atoms with Crippen molar-refractivity contribution < 1.29 is 23.8 Å². The first-order valence-electron chi connectivity index (χ1n) is 10.4. The number of hydrogen-bond acceptors (Lipinski definition) is 4. The van der Waals surface area contributed by atoms with Crippen molar-refractivity contribution in [2.24, 2.45) is 0 Å². The number of likely N-dealkylation sites (tertiary alicyclic amines) is 1. The quantitative estimate of drug-likeness (QED) is 0.543. The van der Waals surface area contributed by atoms with Crippen LogP contribution in [0, 0.1) is 5.82 Å². The summed E-state index contributed by atoms with van der Waals surface area (Å²) in [6.45, 7) is 0.737. The summed E-state index contributed by atoms with van der Waals surface area (Å²) in [5, 5.41) is 13.6. The van der Waals surface area contributed by atoms with Crippen LogP contribution in [-0.2, 0) is 11.2 Å². The fourth-order valence-corrected chi connectivity index (χ4v) is 3.97. The van der Waals surface area contributed by atoms with E-state index in [1.54, 1.807) is 47.4 Å². The molecule has 3 N–H and O–H groups in total. The number of carbonyl (C=O) groups excluding carboxylic acids is 2. The Morgan fingerprint density at radius 2 is 1.97 bits per heavy atom. The molecule has 1 aliphatic heterocycles. The van der Waals surface area contributed by atoms with Gasteiger partial charge in [-0.15, -0.1) is 0 Å². The highest BCUT2D eigenvalue weighted by Gasteiger charge is 2.30. The van der Waals surface area contributed by atoms with E-state index in [9.17, 15) is 19.1 Å². The number of aliphatic hydroxyl groups excluding tert-OH is 1. The summed E-state index contributed by atoms with van der Waals surface area (Å²) in [6.07, 6.45) is -0.394. The zero-order valence-corrected chi connectivity index (χ0v) is 17.9. The Balaban J connectivity index is 1.49. The highest BCUT2D eigenvalue weighted by molar-refractivity contribution is 6.31. The van der Waals surface area contributed by atoms with Gasteiger partial charge in [0.2, 0.25) is 11.8 Å². The molecule has 2 heterocycles. The number of aromatic amines is 1. The van der Waals surface area contributed by atoms with Gasteiger partial charge in [0, 0.05) is 41.5 Å². The van der Waals surface area contributed by atoms with E-state index >= 15 is 0 Å². The van der Waals surface area contributed by atoms with Gasteiger partial charge in [-0.05, 0) is 42.7 Å². The van der Waals surface area contributed by atoms with Gasteiger partial charge in [-0.1, -0.05) is 29.8 Å². The highest BCUT2D eigenvalue weighted by Crippen LogP contribution is 2.24. The number of ether oxygens (including phenoxy) is 1. The summed E-state index contributed by atoms with van der Waals surface area (Å²) in [6, 6.07) is 11.9. The van der Waals surface area contributed by atoms with Crippen molar-refractivity contribution in [1.82, 2.24) is 15.2 Å². The van der Waals surface area contributed by atoms with Crippen LogP contribution >= 0.6 is 11.6 Å². The SMILES string of the molecule is O=C(N[C@@H](Cc1ccccc1F)C(=O)N1CCC(O)CC1)Oc1cc2cc(Cl)ccc2[nH]1. The number of piperidine rings is 1. The molecule has 9 heteroatoms. The van der Waals surface area contributed by atoms with Crippen molar-refractivity contribution in [3.8, 4) is 5.88 Å². The van der Waals surface area contributed by atoms with E-state index in [4.69, 9.17) is 16.3 Å². The van der Waals surface area contributed by atoms with Crippen molar-refractivity contribution in [3.63, 3.8) is 0 Å². The monoisotopic (exact) mass is 459 g/mol. The molecule has 2 aromatic carbocycles. The minimum absolute atomic E-state index is 0.0258. The van der Waals surface area contributed by atoms with E-state index in [1.165, 1.54) is 6.07 Å². The summed E-state index contributed by atoms with van der Waals surface area (Å²) >= 11 is 5.99. The van der Waals surface area contributed by atoms with Gasteiger partial charge in [-0.25, -0.2) is 9.18 Å². The molecule has 4 rings (SSSR count). The topological polar surface area (TPSA) is 94.7 Å². The molecule has 0 bridgehead atoms. The number of carbonyl (C=O) groups is 2. The van der Waals surface area contributed by atoms with Crippen LogP contribution in [-0.4, -0.2) is 52.2 Å². The summed E-state index contributed by atoms with van der Waals surface area (Å²) in [4.78, 5) is 30.2. The lowest BCUT2D eigenvalue weighted by molar-refractivity contribution is -0.135. The van der Waals surface area contributed by atoms with E-state index < -0.39 is 24.1 Å². The third-order valence-corrected chi connectivity index (χ3v) is 5.74. The van der Waals surface area contributed by atoms with Crippen LogP contribution in [0.15, 0.2) is 48.5 Å². The molecule has 0 radical (unpaired) electrons. The van der Waals surface area contributed by atoms with Crippen molar-refractivity contribution in [3.05, 3.63) is 64.9 Å². The van der Waals surface area contributed by atoms with Crippen LogP contribution in [0.5, 0.6) is 5.88 Å². The number of H-pyrrole nitrogens is 1. The molecule has 1 aliphatic rings. The molecule has 0 aliphatic carbocycles. The van der Waals surface area contributed by atoms with Gasteiger partial charge in [0.1, 0.15) is 11.9 Å². The molecule has 3 aromatic rings. The number of nitrogens with one attached hydrogen (secondary N) is 2. The van der Waals surface area contributed by atoms with E-state index in [2.05, 4.69) is 10.3 Å². The van der Waals surface area contributed by atoms with Crippen molar-refractivity contribution in [2.45, 2.75) is 31.4 Å². The van der Waals surface area contributed by atoms with Gasteiger partial charge in [0.15, 0.2) is 0 Å². The number of rotatable bonds is 5. The Labute approximate surface area is 189 Å². The molecule has 168 valence electrons. The zero-order valence-electron chi connectivity index (χ0n) is 17.2. The summed E-state index contributed by atoms with van der Waals surface area (Å²) in [5.74, 6) is -0.611. The van der Waals surface area contributed by atoms with E-state index in [0.29, 0.717) is 36.5 Å². The normalized spacial score (nSPS) is 15.5. The Morgan fingerprint density at radius 3 is 2.72 bits per heavy atom.